The molecule has 190 valence electrons. The molecule has 2 atom stereocenters. The third kappa shape index (κ3) is 4.43. The molecule has 0 bridgehead atoms. The van der Waals surface area contributed by atoms with Gasteiger partial charge in [-0.2, -0.15) is 18.4 Å². The lowest BCUT2D eigenvalue weighted by molar-refractivity contribution is -0.155. The summed E-state index contributed by atoms with van der Waals surface area (Å²) in [4.78, 5) is 26.5. The maximum atomic E-state index is 13.0. The molecule has 3 N–H and O–H groups in total. The van der Waals surface area contributed by atoms with E-state index in [4.69, 9.17) is 20.5 Å². The van der Waals surface area contributed by atoms with Crippen LogP contribution in [0.5, 0.6) is 11.5 Å². The Morgan fingerprint density at radius 1 is 1.11 bits per heavy atom. The lowest BCUT2D eigenvalue weighted by Gasteiger charge is -2.30. The Morgan fingerprint density at radius 3 is 2.35 bits per heavy atom. The maximum Gasteiger partial charge on any atom is 0.417 e. The first-order valence-corrected chi connectivity index (χ1v) is 10.8. The molecule has 0 aliphatic carbocycles. The summed E-state index contributed by atoms with van der Waals surface area (Å²) >= 11 is 0. The second kappa shape index (κ2) is 9.48. The number of carbonyl (C=O) groups is 2. The van der Waals surface area contributed by atoms with Crippen LogP contribution in [-0.2, 0) is 25.9 Å². The molecule has 0 fully saturated rings. The van der Waals surface area contributed by atoms with Crippen molar-refractivity contribution in [2.24, 2.45) is 5.73 Å². The van der Waals surface area contributed by atoms with Gasteiger partial charge in [-0.05, 0) is 54.1 Å². The van der Waals surface area contributed by atoms with Crippen LogP contribution < -0.4 is 15.4 Å². The SMILES string of the molecule is COC(=O)C1(C(O)C(N)=O)CN(c2ccc(Oc3ccc(C(F)(F)F)c(C#N)c3)cc2)c2ccccc21. The number of amides is 1. The van der Waals surface area contributed by atoms with E-state index in [-0.39, 0.29) is 18.0 Å². The number of nitrogens with two attached hydrogens (primary N) is 1. The predicted octanol–water partition coefficient (Wildman–Crippen LogP) is 3.78. The van der Waals surface area contributed by atoms with Gasteiger partial charge in [0.2, 0.25) is 5.91 Å². The zero-order valence-electron chi connectivity index (χ0n) is 19.3. The van der Waals surface area contributed by atoms with Gasteiger partial charge in [0.25, 0.3) is 0 Å². The normalized spacial score (nSPS) is 17.5. The highest BCUT2D eigenvalue weighted by Gasteiger charge is 2.57. The first kappa shape index (κ1) is 25.5. The van der Waals surface area contributed by atoms with Gasteiger partial charge in [-0.25, -0.2) is 0 Å². The Balaban J connectivity index is 1.66. The van der Waals surface area contributed by atoms with Gasteiger partial charge in [0.15, 0.2) is 6.10 Å². The number of fused-ring (bicyclic) bond motifs is 1. The standard InChI is InChI=1S/C26H20F3N3O5/c1-36-24(35)25(22(33)23(31)34)14-32(21-5-3-2-4-20(21)25)16-6-8-17(9-7-16)37-18-10-11-19(26(27,28)29)15(12-18)13-30/h2-12,22,33H,14H2,1H3,(H2,31,34). The maximum absolute atomic E-state index is 13.0. The Hall–Kier alpha value is -4.56. The van der Waals surface area contributed by atoms with E-state index in [1.54, 1.807) is 53.4 Å². The number of rotatable bonds is 6. The van der Waals surface area contributed by atoms with E-state index in [1.165, 1.54) is 6.07 Å². The molecule has 1 heterocycles. The average Bonchev–Trinajstić information content (AvgIpc) is 3.23. The minimum absolute atomic E-state index is 0.0399. The summed E-state index contributed by atoms with van der Waals surface area (Å²) in [6.45, 7) is -0.145. The summed E-state index contributed by atoms with van der Waals surface area (Å²) in [6.07, 6.45) is -6.53. The Bertz CT molecular complexity index is 1400. The number of ether oxygens (including phenoxy) is 2. The van der Waals surface area contributed by atoms with Crippen LogP contribution in [0.2, 0.25) is 0 Å². The molecule has 1 aliphatic rings. The van der Waals surface area contributed by atoms with Crippen LogP contribution in [0.1, 0.15) is 16.7 Å². The number of nitrogens with zero attached hydrogens (tertiary/aromatic N) is 2. The molecule has 2 unspecified atom stereocenters. The van der Waals surface area contributed by atoms with Gasteiger partial charge < -0.3 is 25.2 Å². The fourth-order valence-electron chi connectivity index (χ4n) is 4.44. The zero-order valence-corrected chi connectivity index (χ0v) is 19.3. The summed E-state index contributed by atoms with van der Waals surface area (Å²) in [6, 6.07) is 17.5. The topological polar surface area (TPSA) is 126 Å². The lowest BCUT2D eigenvalue weighted by Crippen LogP contribution is -2.55. The number of anilines is 2. The first-order valence-electron chi connectivity index (χ1n) is 10.8. The minimum Gasteiger partial charge on any atom is -0.468 e. The quantitative estimate of drug-likeness (QED) is 0.483. The predicted molar refractivity (Wildman–Crippen MR) is 125 cm³/mol. The number of alkyl halides is 3. The van der Waals surface area contributed by atoms with Crippen LogP contribution in [0.25, 0.3) is 0 Å². The fraction of sp³-hybridized carbons (Fsp3) is 0.192. The van der Waals surface area contributed by atoms with E-state index in [0.717, 1.165) is 25.3 Å². The van der Waals surface area contributed by atoms with E-state index in [1.807, 2.05) is 0 Å². The van der Waals surface area contributed by atoms with E-state index in [9.17, 15) is 27.9 Å². The van der Waals surface area contributed by atoms with Crippen LogP contribution in [0.15, 0.2) is 66.7 Å². The third-order valence-corrected chi connectivity index (χ3v) is 6.17. The third-order valence-electron chi connectivity index (χ3n) is 6.17. The number of aliphatic hydroxyl groups excluding tert-OH is 1. The Morgan fingerprint density at radius 2 is 1.76 bits per heavy atom. The van der Waals surface area contributed by atoms with Gasteiger partial charge in [-0.1, -0.05) is 18.2 Å². The average molecular weight is 511 g/mol. The molecular weight excluding hydrogens is 491 g/mol. The Labute approximate surface area is 209 Å². The van der Waals surface area contributed by atoms with Gasteiger partial charge in [0.05, 0.1) is 24.3 Å². The van der Waals surface area contributed by atoms with Crippen molar-refractivity contribution in [1.82, 2.24) is 0 Å². The van der Waals surface area contributed by atoms with Gasteiger partial charge in [-0.3, -0.25) is 9.59 Å². The second-order valence-electron chi connectivity index (χ2n) is 8.28. The van der Waals surface area contributed by atoms with Crippen molar-refractivity contribution in [2.45, 2.75) is 17.7 Å². The molecule has 0 aromatic heterocycles. The molecule has 37 heavy (non-hydrogen) atoms. The molecule has 0 radical (unpaired) electrons. The molecule has 8 nitrogen and oxygen atoms in total. The number of primary amides is 1. The highest BCUT2D eigenvalue weighted by atomic mass is 19.4. The van der Waals surface area contributed by atoms with Crippen molar-refractivity contribution in [3.63, 3.8) is 0 Å². The molecule has 0 spiro atoms. The van der Waals surface area contributed by atoms with E-state index >= 15 is 0 Å². The van der Waals surface area contributed by atoms with Crippen molar-refractivity contribution in [3.05, 3.63) is 83.4 Å². The number of hydrogen-bond donors (Lipinski definition) is 2. The van der Waals surface area contributed by atoms with E-state index < -0.39 is 40.7 Å². The molecular formula is C26H20F3N3O5. The highest BCUT2D eigenvalue weighted by Crippen LogP contribution is 2.47. The van der Waals surface area contributed by atoms with Gasteiger partial charge in [0, 0.05) is 17.9 Å². The summed E-state index contributed by atoms with van der Waals surface area (Å²) in [5, 5.41) is 19.8. The van der Waals surface area contributed by atoms with Crippen molar-refractivity contribution >= 4 is 23.3 Å². The smallest absolute Gasteiger partial charge is 0.417 e. The summed E-state index contributed by atoms with van der Waals surface area (Å²) in [7, 11) is 1.15. The number of methoxy groups -OCH3 is 1. The van der Waals surface area contributed by atoms with Crippen LogP contribution in [-0.4, -0.2) is 36.7 Å². The molecule has 4 rings (SSSR count). The number of benzene rings is 3. The van der Waals surface area contributed by atoms with Gasteiger partial charge in [-0.15, -0.1) is 0 Å². The number of hydrogen-bond acceptors (Lipinski definition) is 7. The van der Waals surface area contributed by atoms with Gasteiger partial charge in [0.1, 0.15) is 16.9 Å². The minimum atomic E-state index is -4.67. The number of aliphatic hydroxyl groups is 1. The van der Waals surface area contributed by atoms with Crippen molar-refractivity contribution in [3.8, 4) is 17.6 Å². The van der Waals surface area contributed by atoms with E-state index in [0.29, 0.717) is 16.9 Å². The lowest BCUT2D eigenvalue weighted by atomic mass is 9.76. The van der Waals surface area contributed by atoms with Crippen LogP contribution >= 0.6 is 0 Å². The molecule has 0 saturated carbocycles. The molecule has 0 saturated heterocycles. The Kier molecular flexibility index (Phi) is 6.54. The molecule has 1 amide bonds. The van der Waals surface area contributed by atoms with Crippen LogP contribution in [0, 0.1) is 11.3 Å². The molecule has 11 heteroatoms. The summed E-state index contributed by atoms with van der Waals surface area (Å²) < 4.78 is 49.7. The molecule has 3 aromatic rings. The number of halogens is 3. The first-order chi connectivity index (χ1) is 17.5. The van der Waals surface area contributed by atoms with Crippen LogP contribution in [0.3, 0.4) is 0 Å². The highest BCUT2D eigenvalue weighted by molar-refractivity contribution is 5.98. The van der Waals surface area contributed by atoms with Crippen molar-refractivity contribution < 1.29 is 37.3 Å². The monoisotopic (exact) mass is 511 g/mol. The van der Waals surface area contributed by atoms with Gasteiger partial charge >= 0.3 is 12.1 Å². The summed E-state index contributed by atoms with van der Waals surface area (Å²) in [5.41, 5.74) is 3.45. The molecule has 1 aliphatic heterocycles. The number of nitriles is 1. The van der Waals surface area contributed by atoms with Crippen molar-refractivity contribution in [1.29, 1.82) is 5.26 Å². The van der Waals surface area contributed by atoms with E-state index in [2.05, 4.69) is 0 Å². The summed E-state index contributed by atoms with van der Waals surface area (Å²) in [5.74, 6) is -1.60. The number of carbonyl (C=O) groups excluding carboxylic acids is 2. The number of esters is 1. The zero-order chi connectivity index (χ0) is 27.0. The van der Waals surface area contributed by atoms with Crippen LogP contribution in [0.4, 0.5) is 24.5 Å². The number of para-hydroxylation sites is 1. The largest absolute Gasteiger partial charge is 0.468 e. The fourth-order valence-corrected chi connectivity index (χ4v) is 4.44. The molecule has 3 aromatic carbocycles. The van der Waals surface area contributed by atoms with Crippen molar-refractivity contribution in [2.75, 3.05) is 18.6 Å². The second-order valence-corrected chi connectivity index (χ2v) is 8.28.